The number of aromatic nitrogens is 2. The van der Waals surface area contributed by atoms with Crippen LogP contribution in [0.15, 0.2) is 16.6 Å². The van der Waals surface area contributed by atoms with Gasteiger partial charge in [0.1, 0.15) is 5.75 Å². The number of hydrogen-bond acceptors (Lipinski definition) is 3. The van der Waals surface area contributed by atoms with Gasteiger partial charge >= 0.3 is 0 Å². The molecule has 0 aliphatic heterocycles. The Hall–Kier alpha value is -1.49. The highest BCUT2D eigenvalue weighted by Crippen LogP contribution is 2.35. The zero-order valence-electron chi connectivity index (χ0n) is 9.97. The third-order valence-electron chi connectivity index (χ3n) is 2.96. The largest absolute Gasteiger partial charge is 0.496 e. The monoisotopic (exact) mass is 295 g/mol. The number of methoxy groups -OCH3 is 1. The summed E-state index contributed by atoms with van der Waals surface area (Å²) >= 11 is 3.43. The highest BCUT2D eigenvalue weighted by atomic mass is 79.9. The van der Waals surface area contributed by atoms with Gasteiger partial charge in [-0.25, -0.2) is 0 Å². The molecule has 4 nitrogen and oxygen atoms in total. The summed E-state index contributed by atoms with van der Waals surface area (Å²) in [5, 5.41) is 6.91. The van der Waals surface area contributed by atoms with E-state index in [1.165, 1.54) is 0 Å². The third-order valence-corrected chi connectivity index (χ3v) is 3.76. The van der Waals surface area contributed by atoms with Gasteiger partial charge in [0.05, 0.1) is 17.3 Å². The van der Waals surface area contributed by atoms with Gasteiger partial charge in [-0.1, -0.05) is 0 Å². The molecule has 1 aromatic heterocycles. The fourth-order valence-corrected chi connectivity index (χ4v) is 2.20. The molecular formula is C12H14BrN3O. The second-order valence-electron chi connectivity index (χ2n) is 3.86. The predicted molar refractivity (Wildman–Crippen MR) is 72.2 cm³/mol. The van der Waals surface area contributed by atoms with E-state index in [2.05, 4.69) is 33.1 Å². The number of nitrogens with zero attached hydrogens (tertiary/aromatic N) is 1. The molecule has 0 fully saturated rings. The van der Waals surface area contributed by atoms with Crippen molar-refractivity contribution in [3.63, 3.8) is 0 Å². The smallest absolute Gasteiger partial charge is 0.160 e. The van der Waals surface area contributed by atoms with Crippen LogP contribution in [0.5, 0.6) is 5.75 Å². The van der Waals surface area contributed by atoms with E-state index in [0.717, 1.165) is 32.6 Å². The van der Waals surface area contributed by atoms with Gasteiger partial charge < -0.3 is 10.5 Å². The van der Waals surface area contributed by atoms with Crippen molar-refractivity contribution in [1.82, 2.24) is 10.2 Å². The number of rotatable bonds is 2. The van der Waals surface area contributed by atoms with Crippen molar-refractivity contribution < 1.29 is 4.74 Å². The minimum absolute atomic E-state index is 0.466. The van der Waals surface area contributed by atoms with E-state index >= 15 is 0 Å². The standard InChI is InChI=1S/C12H14BrN3O/c1-6-7(2)9(17-3)5-4-8(6)11-10(13)12(14)16-15-11/h4-5H,1-3H3,(H3,14,15,16). The molecule has 0 saturated heterocycles. The first-order valence-electron chi connectivity index (χ1n) is 5.20. The Morgan fingerprint density at radius 1 is 1.29 bits per heavy atom. The summed E-state index contributed by atoms with van der Waals surface area (Å²) < 4.78 is 6.09. The fourth-order valence-electron chi connectivity index (χ4n) is 1.81. The Kier molecular flexibility index (Phi) is 3.11. The van der Waals surface area contributed by atoms with Crippen LogP contribution in [-0.2, 0) is 0 Å². The van der Waals surface area contributed by atoms with Crippen LogP contribution < -0.4 is 10.5 Å². The number of anilines is 1. The molecule has 0 unspecified atom stereocenters. The molecule has 0 aliphatic rings. The summed E-state index contributed by atoms with van der Waals surface area (Å²) in [7, 11) is 1.67. The number of nitrogens with one attached hydrogen (secondary N) is 1. The van der Waals surface area contributed by atoms with Crippen LogP contribution in [-0.4, -0.2) is 17.3 Å². The van der Waals surface area contributed by atoms with E-state index in [0.29, 0.717) is 5.82 Å². The van der Waals surface area contributed by atoms with Crippen LogP contribution in [0, 0.1) is 13.8 Å². The highest BCUT2D eigenvalue weighted by molar-refractivity contribution is 9.10. The number of nitrogen functional groups attached to an aromatic ring is 1. The van der Waals surface area contributed by atoms with Crippen LogP contribution in [0.4, 0.5) is 5.82 Å². The molecule has 0 bridgehead atoms. The lowest BCUT2D eigenvalue weighted by molar-refractivity contribution is 0.411. The molecule has 0 spiro atoms. The van der Waals surface area contributed by atoms with Crippen molar-refractivity contribution in [3.05, 3.63) is 27.7 Å². The van der Waals surface area contributed by atoms with Crippen molar-refractivity contribution >= 4 is 21.7 Å². The number of benzene rings is 1. The molecule has 5 heteroatoms. The summed E-state index contributed by atoms with van der Waals surface area (Å²) in [6, 6.07) is 3.94. The topological polar surface area (TPSA) is 63.9 Å². The zero-order chi connectivity index (χ0) is 12.6. The van der Waals surface area contributed by atoms with Crippen LogP contribution in [0.1, 0.15) is 11.1 Å². The average Bonchev–Trinajstić information content (AvgIpc) is 2.64. The SMILES string of the molecule is COc1ccc(-c2[nH]nc(N)c2Br)c(C)c1C. The lowest BCUT2D eigenvalue weighted by Gasteiger charge is -2.11. The van der Waals surface area contributed by atoms with Crippen molar-refractivity contribution in [1.29, 1.82) is 0 Å². The Morgan fingerprint density at radius 3 is 2.53 bits per heavy atom. The van der Waals surface area contributed by atoms with Crippen LogP contribution in [0.2, 0.25) is 0 Å². The number of H-pyrrole nitrogens is 1. The number of halogens is 1. The highest BCUT2D eigenvalue weighted by Gasteiger charge is 2.14. The van der Waals surface area contributed by atoms with Gasteiger partial charge in [-0.05, 0) is 53.0 Å². The molecular weight excluding hydrogens is 282 g/mol. The summed E-state index contributed by atoms with van der Waals surface area (Å²) in [4.78, 5) is 0. The summed E-state index contributed by atoms with van der Waals surface area (Å²) in [6.45, 7) is 4.09. The quantitative estimate of drug-likeness (QED) is 0.895. The first kappa shape index (κ1) is 12.0. The Labute approximate surface area is 108 Å². The van der Waals surface area contributed by atoms with E-state index in [4.69, 9.17) is 10.5 Å². The maximum absolute atomic E-state index is 5.71. The van der Waals surface area contributed by atoms with E-state index in [9.17, 15) is 0 Å². The summed E-state index contributed by atoms with van der Waals surface area (Å²) in [5.41, 5.74) is 9.93. The molecule has 1 heterocycles. The fraction of sp³-hybridized carbons (Fsp3) is 0.250. The molecule has 0 atom stereocenters. The molecule has 1 aromatic carbocycles. The number of nitrogens with two attached hydrogens (primary N) is 1. The van der Waals surface area contributed by atoms with Gasteiger partial charge in [0.2, 0.25) is 0 Å². The Balaban J connectivity index is 2.61. The van der Waals surface area contributed by atoms with Gasteiger partial charge in [-0.15, -0.1) is 0 Å². The zero-order valence-corrected chi connectivity index (χ0v) is 11.6. The minimum Gasteiger partial charge on any atom is -0.496 e. The molecule has 0 saturated carbocycles. The number of aromatic amines is 1. The second-order valence-corrected chi connectivity index (χ2v) is 4.66. The maximum atomic E-state index is 5.71. The summed E-state index contributed by atoms with van der Waals surface area (Å²) in [5.74, 6) is 1.35. The van der Waals surface area contributed by atoms with Crippen molar-refractivity contribution in [2.45, 2.75) is 13.8 Å². The minimum atomic E-state index is 0.466. The van der Waals surface area contributed by atoms with Crippen LogP contribution in [0.25, 0.3) is 11.3 Å². The molecule has 2 rings (SSSR count). The van der Waals surface area contributed by atoms with E-state index in [1.807, 2.05) is 19.1 Å². The van der Waals surface area contributed by atoms with Crippen LogP contribution >= 0.6 is 15.9 Å². The third kappa shape index (κ3) is 1.91. The lowest BCUT2D eigenvalue weighted by atomic mass is 10.00. The normalized spacial score (nSPS) is 10.6. The molecule has 2 aromatic rings. The molecule has 17 heavy (non-hydrogen) atoms. The van der Waals surface area contributed by atoms with Gasteiger partial charge in [-0.2, -0.15) is 5.10 Å². The Bertz CT molecular complexity index is 563. The van der Waals surface area contributed by atoms with Gasteiger partial charge in [-0.3, -0.25) is 5.10 Å². The van der Waals surface area contributed by atoms with E-state index in [-0.39, 0.29) is 0 Å². The van der Waals surface area contributed by atoms with E-state index in [1.54, 1.807) is 7.11 Å². The van der Waals surface area contributed by atoms with Crippen molar-refractivity contribution in [2.24, 2.45) is 0 Å². The van der Waals surface area contributed by atoms with Gasteiger partial charge in [0.25, 0.3) is 0 Å². The van der Waals surface area contributed by atoms with Crippen molar-refractivity contribution in [2.75, 3.05) is 12.8 Å². The van der Waals surface area contributed by atoms with Gasteiger partial charge in [0, 0.05) is 5.56 Å². The molecule has 0 amide bonds. The average molecular weight is 296 g/mol. The molecule has 90 valence electrons. The second kappa shape index (κ2) is 4.41. The van der Waals surface area contributed by atoms with Gasteiger partial charge in [0.15, 0.2) is 5.82 Å². The first-order chi connectivity index (χ1) is 8.06. The van der Waals surface area contributed by atoms with Crippen molar-refractivity contribution in [3.8, 4) is 17.0 Å². The number of ether oxygens (including phenoxy) is 1. The predicted octanol–water partition coefficient (Wildman–Crippen LogP) is 3.05. The number of hydrogen-bond donors (Lipinski definition) is 2. The maximum Gasteiger partial charge on any atom is 0.160 e. The molecule has 3 N–H and O–H groups in total. The molecule has 0 radical (unpaired) electrons. The Morgan fingerprint density at radius 2 is 2.00 bits per heavy atom. The molecule has 0 aliphatic carbocycles. The van der Waals surface area contributed by atoms with E-state index < -0.39 is 0 Å². The first-order valence-corrected chi connectivity index (χ1v) is 5.99. The lowest BCUT2D eigenvalue weighted by Crippen LogP contribution is -1.93. The summed E-state index contributed by atoms with van der Waals surface area (Å²) in [6.07, 6.45) is 0. The van der Waals surface area contributed by atoms with Crippen LogP contribution in [0.3, 0.4) is 0 Å².